The number of thiazole rings is 1. The van der Waals surface area contributed by atoms with Gasteiger partial charge in [0, 0.05) is 18.4 Å². The Bertz CT molecular complexity index is 1170. The number of nitrogens with zero attached hydrogens (tertiary/aromatic N) is 2. The molecule has 2 heterocycles. The minimum absolute atomic E-state index is 0.0757. The first-order chi connectivity index (χ1) is 13.8. The zero-order chi connectivity index (χ0) is 20.6. The molecule has 0 bridgehead atoms. The summed E-state index contributed by atoms with van der Waals surface area (Å²) < 4.78 is 43.7. The molecule has 0 saturated carbocycles. The minimum Gasteiger partial charge on any atom is -0.376 e. The summed E-state index contributed by atoms with van der Waals surface area (Å²) in [5, 5.41) is 0.427. The Morgan fingerprint density at radius 1 is 1.31 bits per heavy atom. The predicted molar refractivity (Wildman–Crippen MR) is 110 cm³/mol. The SMILES string of the molecule is CS(=O)(=O)c1cccc(C(=O)N(CC2CCCO2)c2nc3ccc(F)cc3s2)c1. The van der Waals surface area contributed by atoms with Crippen LogP contribution in [0.2, 0.25) is 0 Å². The molecule has 1 aromatic heterocycles. The number of sulfone groups is 1. The minimum atomic E-state index is -3.45. The highest BCUT2D eigenvalue weighted by molar-refractivity contribution is 7.90. The zero-order valence-electron chi connectivity index (χ0n) is 15.7. The van der Waals surface area contributed by atoms with Gasteiger partial charge in [-0.05, 0) is 49.2 Å². The van der Waals surface area contributed by atoms with Crippen molar-refractivity contribution < 1.29 is 22.3 Å². The second kappa shape index (κ2) is 7.81. The number of hydrogen-bond donors (Lipinski definition) is 0. The molecule has 1 aliphatic heterocycles. The molecule has 0 N–H and O–H groups in total. The molecular weight excluding hydrogens is 415 g/mol. The van der Waals surface area contributed by atoms with Gasteiger partial charge in [0.1, 0.15) is 5.82 Å². The average Bonchev–Trinajstić information content (AvgIpc) is 3.34. The van der Waals surface area contributed by atoms with Crippen molar-refractivity contribution in [2.45, 2.75) is 23.8 Å². The highest BCUT2D eigenvalue weighted by Gasteiger charge is 2.27. The lowest BCUT2D eigenvalue weighted by Crippen LogP contribution is -2.37. The lowest BCUT2D eigenvalue weighted by molar-refractivity contribution is 0.0917. The van der Waals surface area contributed by atoms with Gasteiger partial charge in [0.15, 0.2) is 15.0 Å². The van der Waals surface area contributed by atoms with Gasteiger partial charge in [-0.2, -0.15) is 0 Å². The smallest absolute Gasteiger partial charge is 0.260 e. The molecule has 2 aromatic carbocycles. The number of fused-ring (bicyclic) bond motifs is 1. The van der Waals surface area contributed by atoms with Crippen LogP contribution in [0.15, 0.2) is 47.4 Å². The van der Waals surface area contributed by atoms with E-state index in [0.29, 0.717) is 28.5 Å². The number of anilines is 1. The fourth-order valence-corrected chi connectivity index (χ4v) is 4.92. The van der Waals surface area contributed by atoms with Crippen molar-refractivity contribution in [3.05, 3.63) is 53.8 Å². The van der Waals surface area contributed by atoms with Crippen LogP contribution in [0.5, 0.6) is 0 Å². The van der Waals surface area contributed by atoms with Gasteiger partial charge >= 0.3 is 0 Å². The van der Waals surface area contributed by atoms with Crippen LogP contribution >= 0.6 is 11.3 Å². The van der Waals surface area contributed by atoms with E-state index in [1.807, 2.05) is 0 Å². The molecular formula is C20H19FN2O4S2. The Hall–Kier alpha value is -2.36. The van der Waals surface area contributed by atoms with E-state index in [9.17, 15) is 17.6 Å². The molecule has 3 aromatic rings. The summed E-state index contributed by atoms with van der Waals surface area (Å²) in [7, 11) is -3.45. The maximum atomic E-state index is 13.6. The van der Waals surface area contributed by atoms with Crippen LogP contribution in [0.3, 0.4) is 0 Å². The Morgan fingerprint density at radius 3 is 2.86 bits per heavy atom. The van der Waals surface area contributed by atoms with E-state index in [4.69, 9.17) is 4.74 Å². The second-order valence-electron chi connectivity index (χ2n) is 6.96. The van der Waals surface area contributed by atoms with Gasteiger partial charge in [-0.1, -0.05) is 17.4 Å². The van der Waals surface area contributed by atoms with Gasteiger partial charge in [0.25, 0.3) is 5.91 Å². The third-order valence-corrected chi connectivity index (χ3v) is 6.89. The number of ether oxygens (including phenoxy) is 1. The Labute approximate surface area is 171 Å². The number of halogens is 1. The van der Waals surface area contributed by atoms with Crippen LogP contribution in [0.1, 0.15) is 23.2 Å². The van der Waals surface area contributed by atoms with Gasteiger partial charge < -0.3 is 4.74 Å². The highest BCUT2D eigenvalue weighted by Crippen LogP contribution is 2.31. The molecule has 1 saturated heterocycles. The second-order valence-corrected chi connectivity index (χ2v) is 9.98. The van der Waals surface area contributed by atoms with Crippen molar-refractivity contribution in [3.8, 4) is 0 Å². The number of hydrogen-bond acceptors (Lipinski definition) is 6. The Kier molecular flexibility index (Phi) is 5.37. The maximum absolute atomic E-state index is 13.6. The summed E-state index contributed by atoms with van der Waals surface area (Å²) in [6, 6.07) is 10.2. The quantitative estimate of drug-likeness (QED) is 0.613. The molecule has 1 fully saturated rings. The number of carbonyl (C=O) groups is 1. The average molecular weight is 435 g/mol. The first-order valence-corrected chi connectivity index (χ1v) is 11.8. The third kappa shape index (κ3) is 4.31. The molecule has 1 amide bonds. The van der Waals surface area contributed by atoms with Crippen LogP contribution in [-0.2, 0) is 14.6 Å². The zero-order valence-corrected chi connectivity index (χ0v) is 17.3. The van der Waals surface area contributed by atoms with Crippen LogP contribution in [0, 0.1) is 5.82 Å². The first-order valence-electron chi connectivity index (χ1n) is 9.11. The van der Waals surface area contributed by atoms with E-state index in [0.717, 1.165) is 19.1 Å². The molecule has 9 heteroatoms. The monoisotopic (exact) mass is 434 g/mol. The summed E-state index contributed by atoms with van der Waals surface area (Å²) in [4.78, 5) is 19.4. The third-order valence-electron chi connectivity index (χ3n) is 4.73. The molecule has 1 unspecified atom stereocenters. The summed E-state index contributed by atoms with van der Waals surface area (Å²) in [5.74, 6) is -0.740. The van der Waals surface area contributed by atoms with Gasteiger partial charge in [0.05, 0.1) is 27.8 Å². The summed E-state index contributed by atoms with van der Waals surface area (Å²) in [5.41, 5.74) is 0.845. The van der Waals surface area contributed by atoms with Gasteiger partial charge in [-0.25, -0.2) is 17.8 Å². The fraction of sp³-hybridized carbons (Fsp3) is 0.300. The van der Waals surface area contributed by atoms with Crippen molar-refractivity contribution in [1.29, 1.82) is 0 Å². The van der Waals surface area contributed by atoms with Crippen molar-refractivity contribution >= 4 is 42.4 Å². The molecule has 1 aliphatic rings. The predicted octanol–water partition coefficient (Wildman–Crippen LogP) is 3.66. The molecule has 152 valence electrons. The van der Waals surface area contributed by atoms with Gasteiger partial charge in [-0.3, -0.25) is 9.69 Å². The lowest BCUT2D eigenvalue weighted by Gasteiger charge is -2.23. The maximum Gasteiger partial charge on any atom is 0.260 e. The van der Waals surface area contributed by atoms with Gasteiger partial charge in [0.2, 0.25) is 0 Å². The topological polar surface area (TPSA) is 76.6 Å². The van der Waals surface area contributed by atoms with E-state index in [1.54, 1.807) is 18.2 Å². The van der Waals surface area contributed by atoms with E-state index >= 15 is 0 Å². The fourth-order valence-electron chi connectivity index (χ4n) is 3.26. The summed E-state index contributed by atoms with van der Waals surface area (Å²) in [6.07, 6.45) is 2.72. The molecule has 6 nitrogen and oxygen atoms in total. The molecule has 4 rings (SSSR count). The number of amides is 1. The molecule has 0 spiro atoms. The molecule has 0 radical (unpaired) electrons. The highest BCUT2D eigenvalue weighted by atomic mass is 32.2. The van der Waals surface area contributed by atoms with E-state index < -0.39 is 9.84 Å². The number of rotatable bonds is 5. The van der Waals surface area contributed by atoms with Crippen molar-refractivity contribution in [2.75, 3.05) is 24.3 Å². The Balaban J connectivity index is 1.74. The standard InChI is InChI=1S/C20H19FN2O4S2/c1-29(25,26)16-6-2-4-13(10-16)19(24)23(12-15-5-3-9-27-15)20-22-17-8-7-14(21)11-18(17)28-20/h2,4,6-8,10-11,15H,3,5,9,12H2,1H3. The lowest BCUT2D eigenvalue weighted by atomic mass is 10.2. The molecule has 0 aliphatic carbocycles. The van der Waals surface area contributed by atoms with Crippen molar-refractivity contribution in [1.82, 2.24) is 4.98 Å². The number of aromatic nitrogens is 1. The van der Waals surface area contributed by atoms with Crippen LogP contribution < -0.4 is 4.90 Å². The van der Waals surface area contributed by atoms with Crippen LogP contribution in [0.4, 0.5) is 9.52 Å². The number of benzene rings is 2. The normalized spacial score (nSPS) is 17.0. The first kappa shape index (κ1) is 19.9. The summed E-state index contributed by atoms with van der Waals surface area (Å²) in [6.45, 7) is 0.936. The van der Waals surface area contributed by atoms with Crippen LogP contribution in [-0.4, -0.2) is 44.8 Å². The van der Waals surface area contributed by atoms with E-state index in [-0.39, 0.29) is 28.3 Å². The van der Waals surface area contributed by atoms with E-state index in [1.165, 1.54) is 40.5 Å². The Morgan fingerprint density at radius 2 is 2.14 bits per heavy atom. The summed E-state index contributed by atoms with van der Waals surface area (Å²) >= 11 is 1.22. The molecule has 29 heavy (non-hydrogen) atoms. The van der Waals surface area contributed by atoms with Crippen molar-refractivity contribution in [2.24, 2.45) is 0 Å². The molecule has 1 atom stereocenters. The van der Waals surface area contributed by atoms with Crippen molar-refractivity contribution in [3.63, 3.8) is 0 Å². The number of carbonyl (C=O) groups excluding carboxylic acids is 1. The van der Waals surface area contributed by atoms with E-state index in [2.05, 4.69) is 4.98 Å². The largest absolute Gasteiger partial charge is 0.376 e. The van der Waals surface area contributed by atoms with Crippen LogP contribution in [0.25, 0.3) is 10.2 Å². The van der Waals surface area contributed by atoms with Gasteiger partial charge in [-0.15, -0.1) is 0 Å².